The molecule has 0 radical (unpaired) electrons. The van der Waals surface area contributed by atoms with Gasteiger partial charge >= 0.3 is 17.9 Å². The molecule has 0 aromatic heterocycles. The number of hydrogen-bond acceptors (Lipinski definition) is 6. The molecule has 456 valence electrons. The van der Waals surface area contributed by atoms with Crippen molar-refractivity contribution < 1.29 is 28.6 Å². The molecule has 0 saturated heterocycles. The van der Waals surface area contributed by atoms with Crippen molar-refractivity contribution in [1.82, 2.24) is 0 Å². The highest BCUT2D eigenvalue weighted by molar-refractivity contribution is 5.71. The predicted molar refractivity (Wildman–Crippen MR) is 339 cm³/mol. The molecule has 0 N–H and O–H groups in total. The predicted octanol–water partition coefficient (Wildman–Crippen LogP) is 23.7. The van der Waals surface area contributed by atoms with Gasteiger partial charge in [0.1, 0.15) is 13.2 Å². The Bertz CT molecular complexity index is 1350. The first kappa shape index (κ1) is 75.4. The monoisotopic (exact) mass is 1090 g/mol. The number of carbonyl (C=O) groups is 3. The Hall–Kier alpha value is -2.63. The van der Waals surface area contributed by atoms with E-state index in [-0.39, 0.29) is 31.1 Å². The number of rotatable bonds is 64. The Labute approximate surface area is 486 Å². The Morgan fingerprint density at radius 2 is 0.500 bits per heavy atom. The van der Waals surface area contributed by atoms with Gasteiger partial charge in [0.05, 0.1) is 0 Å². The molecule has 0 heterocycles. The van der Waals surface area contributed by atoms with Crippen molar-refractivity contribution in [2.75, 3.05) is 13.2 Å². The second-order valence-corrected chi connectivity index (χ2v) is 23.4. The standard InChI is InChI=1S/C72H132O6/c1-4-7-10-13-16-19-22-25-28-30-32-33-34-35-36-37-38-39-41-42-44-47-50-53-56-59-62-65-71(74)77-68-69(67-76-70(73)64-61-58-55-52-49-46-27-24-21-18-15-12-9-6-3)78-72(75)66-63-60-57-54-51-48-45-43-40-31-29-26-23-20-17-14-11-8-5-2/h8,11,17,20,26,29,40,43,69H,4-7,9-10,12-16,18-19,21-25,27-28,30-39,41-42,44-68H2,1-3H3/b11-8-,20-17-,29-26-,43-40-. The Kier molecular flexibility index (Phi) is 64.6. The minimum atomic E-state index is -0.779. The van der Waals surface area contributed by atoms with Crippen molar-refractivity contribution >= 4 is 17.9 Å². The van der Waals surface area contributed by atoms with Crippen molar-refractivity contribution in [2.45, 2.75) is 380 Å². The van der Waals surface area contributed by atoms with E-state index in [4.69, 9.17) is 14.2 Å². The van der Waals surface area contributed by atoms with Crippen molar-refractivity contribution in [3.05, 3.63) is 48.6 Å². The fraction of sp³-hybridized carbons (Fsp3) is 0.847. The lowest BCUT2D eigenvalue weighted by Gasteiger charge is -2.18. The summed E-state index contributed by atoms with van der Waals surface area (Å²) in [6.45, 7) is 6.58. The number of allylic oxidation sites excluding steroid dienone is 8. The fourth-order valence-electron chi connectivity index (χ4n) is 10.4. The van der Waals surface area contributed by atoms with Gasteiger partial charge in [-0.25, -0.2) is 0 Å². The van der Waals surface area contributed by atoms with E-state index in [1.165, 1.54) is 238 Å². The normalized spacial score (nSPS) is 12.3. The number of esters is 3. The smallest absolute Gasteiger partial charge is 0.306 e. The minimum absolute atomic E-state index is 0.0739. The lowest BCUT2D eigenvalue weighted by molar-refractivity contribution is -0.167. The zero-order valence-electron chi connectivity index (χ0n) is 52.5. The van der Waals surface area contributed by atoms with Crippen LogP contribution in [0.2, 0.25) is 0 Å². The molecule has 6 nitrogen and oxygen atoms in total. The molecule has 0 fully saturated rings. The number of hydrogen-bond donors (Lipinski definition) is 0. The summed E-state index contributed by atoms with van der Waals surface area (Å²) in [6, 6.07) is 0. The van der Waals surface area contributed by atoms with Crippen molar-refractivity contribution in [2.24, 2.45) is 0 Å². The second kappa shape index (κ2) is 66.9. The van der Waals surface area contributed by atoms with E-state index >= 15 is 0 Å². The Morgan fingerprint density at radius 1 is 0.269 bits per heavy atom. The van der Waals surface area contributed by atoms with Crippen LogP contribution in [0.3, 0.4) is 0 Å². The fourth-order valence-corrected chi connectivity index (χ4v) is 10.4. The lowest BCUT2D eigenvalue weighted by atomic mass is 10.0. The maximum absolute atomic E-state index is 12.9. The van der Waals surface area contributed by atoms with Crippen molar-refractivity contribution in [1.29, 1.82) is 0 Å². The van der Waals surface area contributed by atoms with Gasteiger partial charge in [0.25, 0.3) is 0 Å². The molecule has 0 amide bonds. The van der Waals surface area contributed by atoms with Crippen LogP contribution in [0.4, 0.5) is 0 Å². The first-order valence-electron chi connectivity index (χ1n) is 34.6. The van der Waals surface area contributed by atoms with Gasteiger partial charge in [0, 0.05) is 19.3 Å². The molecule has 0 saturated carbocycles. The topological polar surface area (TPSA) is 78.9 Å². The summed E-state index contributed by atoms with van der Waals surface area (Å²) in [5.74, 6) is -0.862. The highest BCUT2D eigenvalue weighted by Crippen LogP contribution is 2.18. The third-order valence-corrected chi connectivity index (χ3v) is 15.6. The molecular weight excluding hydrogens is 961 g/mol. The quantitative estimate of drug-likeness (QED) is 0.0261. The lowest BCUT2D eigenvalue weighted by Crippen LogP contribution is -2.30. The van der Waals surface area contributed by atoms with Crippen LogP contribution >= 0.6 is 0 Å². The summed E-state index contributed by atoms with van der Waals surface area (Å²) >= 11 is 0. The third kappa shape index (κ3) is 64.2. The van der Waals surface area contributed by atoms with Crippen LogP contribution in [0, 0.1) is 0 Å². The van der Waals surface area contributed by atoms with E-state index in [0.29, 0.717) is 19.3 Å². The SMILES string of the molecule is CC/C=C\C/C=C\C/C=C\C/C=C\CCCCCCCCC(=O)OC(COC(=O)CCCCCCCCCCCCCCCC)COC(=O)CCCCCCCCCCCCCCCCCCCCCCCCCCCCC. The van der Waals surface area contributed by atoms with Gasteiger partial charge < -0.3 is 14.2 Å². The van der Waals surface area contributed by atoms with Crippen LogP contribution in [0.25, 0.3) is 0 Å². The number of unbranched alkanes of at least 4 members (excludes halogenated alkanes) is 45. The van der Waals surface area contributed by atoms with Crippen molar-refractivity contribution in [3.63, 3.8) is 0 Å². The highest BCUT2D eigenvalue weighted by Gasteiger charge is 2.19. The van der Waals surface area contributed by atoms with Gasteiger partial charge in [0.2, 0.25) is 0 Å². The van der Waals surface area contributed by atoms with Crippen LogP contribution in [-0.4, -0.2) is 37.2 Å². The summed E-state index contributed by atoms with van der Waals surface area (Å²) in [5, 5.41) is 0. The van der Waals surface area contributed by atoms with Crippen LogP contribution in [-0.2, 0) is 28.6 Å². The van der Waals surface area contributed by atoms with Crippen LogP contribution in [0.15, 0.2) is 48.6 Å². The first-order chi connectivity index (χ1) is 38.5. The summed E-state index contributed by atoms with van der Waals surface area (Å²) in [6.07, 6.45) is 84.3. The average molecular weight is 1090 g/mol. The Morgan fingerprint density at radius 3 is 0.782 bits per heavy atom. The van der Waals surface area contributed by atoms with E-state index in [0.717, 1.165) is 96.3 Å². The minimum Gasteiger partial charge on any atom is -0.462 e. The first-order valence-corrected chi connectivity index (χ1v) is 34.6. The number of ether oxygens (including phenoxy) is 3. The molecule has 0 aliphatic rings. The zero-order valence-corrected chi connectivity index (χ0v) is 52.5. The molecule has 0 aromatic rings. The van der Waals surface area contributed by atoms with Gasteiger partial charge in [-0.2, -0.15) is 0 Å². The van der Waals surface area contributed by atoms with Crippen LogP contribution < -0.4 is 0 Å². The van der Waals surface area contributed by atoms with E-state index in [2.05, 4.69) is 69.4 Å². The van der Waals surface area contributed by atoms with E-state index in [9.17, 15) is 14.4 Å². The molecule has 0 aliphatic carbocycles. The van der Waals surface area contributed by atoms with Gasteiger partial charge in [-0.05, 0) is 57.8 Å². The maximum atomic E-state index is 12.9. The molecule has 0 aliphatic heterocycles. The van der Waals surface area contributed by atoms with Gasteiger partial charge in [-0.3, -0.25) is 14.4 Å². The molecule has 78 heavy (non-hydrogen) atoms. The summed E-state index contributed by atoms with van der Waals surface area (Å²) < 4.78 is 17.0. The third-order valence-electron chi connectivity index (χ3n) is 15.6. The van der Waals surface area contributed by atoms with Gasteiger partial charge in [-0.15, -0.1) is 0 Å². The second-order valence-electron chi connectivity index (χ2n) is 23.4. The summed E-state index contributed by atoms with van der Waals surface area (Å²) in [7, 11) is 0. The molecular formula is C72H132O6. The molecule has 0 bridgehead atoms. The summed E-state index contributed by atoms with van der Waals surface area (Å²) in [5.41, 5.74) is 0. The van der Waals surface area contributed by atoms with Crippen molar-refractivity contribution in [3.8, 4) is 0 Å². The highest BCUT2D eigenvalue weighted by atomic mass is 16.6. The molecule has 1 atom stereocenters. The van der Waals surface area contributed by atoms with Crippen LogP contribution in [0.1, 0.15) is 374 Å². The van der Waals surface area contributed by atoms with E-state index < -0.39 is 6.10 Å². The molecule has 6 heteroatoms. The molecule has 0 spiro atoms. The van der Waals surface area contributed by atoms with E-state index in [1.54, 1.807) is 0 Å². The molecule has 0 rings (SSSR count). The Balaban J connectivity index is 4.24. The van der Waals surface area contributed by atoms with Crippen LogP contribution in [0.5, 0.6) is 0 Å². The largest absolute Gasteiger partial charge is 0.462 e. The van der Waals surface area contributed by atoms with Gasteiger partial charge in [-0.1, -0.05) is 345 Å². The maximum Gasteiger partial charge on any atom is 0.306 e. The molecule has 1 unspecified atom stereocenters. The molecule has 0 aromatic carbocycles. The summed E-state index contributed by atoms with van der Waals surface area (Å²) in [4.78, 5) is 38.4. The number of carbonyl (C=O) groups excluding carboxylic acids is 3. The van der Waals surface area contributed by atoms with Gasteiger partial charge in [0.15, 0.2) is 6.10 Å². The average Bonchev–Trinajstić information content (AvgIpc) is 3.44. The zero-order chi connectivity index (χ0) is 56.4. The van der Waals surface area contributed by atoms with E-state index in [1.807, 2.05) is 0 Å².